The summed E-state index contributed by atoms with van der Waals surface area (Å²) in [5, 5.41) is 0. The monoisotopic (exact) mass is 376 g/mol. The number of anilines is 1. The Morgan fingerprint density at radius 1 is 1.12 bits per heavy atom. The van der Waals surface area contributed by atoms with Crippen LogP contribution in [0.15, 0.2) is 0 Å². The molecule has 3 heterocycles. The Morgan fingerprint density at radius 2 is 1.77 bits per heavy atom. The molecular weight excluding hydrogens is 353 g/mol. The van der Waals surface area contributed by atoms with Gasteiger partial charge < -0.3 is 23.8 Å². The Labute approximate surface area is 149 Å². The summed E-state index contributed by atoms with van der Waals surface area (Å²) >= 11 is 0. The number of fused-ring (bicyclic) bond motifs is 1. The normalized spacial score (nSPS) is 18.7. The Bertz CT molecular complexity index is 676. The van der Waals surface area contributed by atoms with Crippen molar-refractivity contribution in [3.63, 3.8) is 0 Å². The summed E-state index contributed by atoms with van der Waals surface area (Å²) < 4.78 is 52.0. The van der Waals surface area contributed by atoms with E-state index in [2.05, 4.69) is 4.98 Å². The summed E-state index contributed by atoms with van der Waals surface area (Å²) in [6.45, 7) is 7.25. The Morgan fingerprint density at radius 3 is 2.35 bits per heavy atom. The third kappa shape index (κ3) is 3.89. The number of halogens is 3. The Kier molecular flexibility index (Phi) is 4.80. The maximum atomic E-state index is 13.4. The smallest absolute Gasteiger partial charge is 0.444 e. The number of imidazole rings is 1. The van der Waals surface area contributed by atoms with E-state index in [1.807, 2.05) is 0 Å². The van der Waals surface area contributed by atoms with E-state index in [0.717, 1.165) is 0 Å². The second kappa shape index (κ2) is 6.64. The fourth-order valence-electron chi connectivity index (χ4n) is 3.08. The van der Waals surface area contributed by atoms with Crippen molar-refractivity contribution < 1.29 is 27.4 Å². The standard InChI is InChI=1S/C16H23F3N4O3/c1-15(2,3)26-14(24)22-4-5-23-11(10-22)12(20-13(23)16(17,18)19)21-6-8-25-9-7-21/h4-10H2,1-3H3. The number of amides is 1. The highest BCUT2D eigenvalue weighted by atomic mass is 19.4. The van der Waals surface area contributed by atoms with Crippen molar-refractivity contribution in [1.29, 1.82) is 0 Å². The zero-order valence-corrected chi connectivity index (χ0v) is 15.1. The molecule has 1 fully saturated rings. The van der Waals surface area contributed by atoms with Crippen LogP contribution >= 0.6 is 0 Å². The van der Waals surface area contributed by atoms with E-state index < -0.39 is 23.7 Å². The average Bonchev–Trinajstić information content (AvgIpc) is 2.93. The fraction of sp³-hybridized carbons (Fsp3) is 0.750. The van der Waals surface area contributed by atoms with Gasteiger partial charge in [0.25, 0.3) is 0 Å². The highest BCUT2D eigenvalue weighted by Crippen LogP contribution is 2.35. The van der Waals surface area contributed by atoms with Crippen LogP contribution in [-0.2, 0) is 28.7 Å². The lowest BCUT2D eigenvalue weighted by atomic mass is 10.2. The van der Waals surface area contributed by atoms with Gasteiger partial charge in [-0.1, -0.05) is 0 Å². The lowest BCUT2D eigenvalue weighted by Crippen LogP contribution is -2.43. The number of nitrogens with zero attached hydrogens (tertiary/aromatic N) is 4. The molecular formula is C16H23F3N4O3. The number of ether oxygens (including phenoxy) is 2. The first-order valence-electron chi connectivity index (χ1n) is 8.53. The summed E-state index contributed by atoms with van der Waals surface area (Å²) in [5.41, 5.74) is -0.282. The van der Waals surface area contributed by atoms with Gasteiger partial charge in [-0.2, -0.15) is 13.2 Å². The molecule has 0 N–H and O–H groups in total. The molecule has 26 heavy (non-hydrogen) atoms. The summed E-state index contributed by atoms with van der Waals surface area (Å²) in [6, 6.07) is 0. The van der Waals surface area contributed by atoms with Gasteiger partial charge in [-0.15, -0.1) is 0 Å². The maximum Gasteiger partial charge on any atom is 0.449 e. The predicted molar refractivity (Wildman–Crippen MR) is 86.9 cm³/mol. The van der Waals surface area contributed by atoms with Crippen molar-refractivity contribution in [2.24, 2.45) is 0 Å². The molecule has 1 aromatic rings. The molecule has 0 unspecified atom stereocenters. The van der Waals surface area contributed by atoms with E-state index >= 15 is 0 Å². The molecule has 146 valence electrons. The number of hydrogen-bond donors (Lipinski definition) is 0. The molecule has 0 atom stereocenters. The summed E-state index contributed by atoms with van der Waals surface area (Å²) in [6.07, 6.45) is -5.08. The summed E-state index contributed by atoms with van der Waals surface area (Å²) in [4.78, 5) is 19.4. The lowest BCUT2D eigenvalue weighted by molar-refractivity contribution is -0.147. The minimum atomic E-state index is -4.55. The first-order valence-corrected chi connectivity index (χ1v) is 8.53. The van der Waals surface area contributed by atoms with Crippen molar-refractivity contribution in [2.45, 2.75) is 45.6 Å². The predicted octanol–water partition coefficient (Wildman–Crippen LogP) is 2.49. The van der Waals surface area contributed by atoms with Crippen molar-refractivity contribution in [2.75, 3.05) is 37.7 Å². The van der Waals surface area contributed by atoms with Gasteiger partial charge >= 0.3 is 12.3 Å². The van der Waals surface area contributed by atoms with Crippen LogP contribution in [0.4, 0.5) is 23.8 Å². The van der Waals surface area contributed by atoms with Crippen LogP contribution in [0.5, 0.6) is 0 Å². The second-order valence-corrected chi connectivity index (χ2v) is 7.36. The van der Waals surface area contributed by atoms with Crippen LogP contribution in [0, 0.1) is 0 Å². The molecule has 1 saturated heterocycles. The van der Waals surface area contributed by atoms with Crippen LogP contribution in [0.25, 0.3) is 0 Å². The van der Waals surface area contributed by atoms with Crippen LogP contribution in [0.2, 0.25) is 0 Å². The number of rotatable bonds is 1. The third-order valence-corrected chi connectivity index (χ3v) is 4.20. The molecule has 2 aliphatic heterocycles. The van der Waals surface area contributed by atoms with E-state index in [0.29, 0.717) is 32.0 Å². The van der Waals surface area contributed by atoms with Crippen molar-refractivity contribution >= 4 is 11.9 Å². The number of hydrogen-bond acceptors (Lipinski definition) is 5. The summed E-state index contributed by atoms with van der Waals surface area (Å²) in [7, 11) is 0. The average molecular weight is 376 g/mol. The van der Waals surface area contributed by atoms with Crippen molar-refractivity contribution in [3.05, 3.63) is 11.5 Å². The van der Waals surface area contributed by atoms with E-state index in [9.17, 15) is 18.0 Å². The highest BCUT2D eigenvalue weighted by Gasteiger charge is 2.42. The molecule has 0 aromatic carbocycles. The van der Waals surface area contributed by atoms with Gasteiger partial charge in [-0.05, 0) is 20.8 Å². The zero-order chi connectivity index (χ0) is 19.1. The van der Waals surface area contributed by atoms with E-state index in [-0.39, 0.29) is 25.5 Å². The zero-order valence-electron chi connectivity index (χ0n) is 15.1. The number of carbonyl (C=O) groups excluding carboxylic acids is 1. The molecule has 0 bridgehead atoms. The maximum absolute atomic E-state index is 13.4. The van der Waals surface area contributed by atoms with Gasteiger partial charge in [0, 0.05) is 26.2 Å². The first-order chi connectivity index (χ1) is 12.1. The number of morpholine rings is 1. The third-order valence-electron chi connectivity index (χ3n) is 4.20. The molecule has 3 rings (SSSR count). The van der Waals surface area contributed by atoms with Gasteiger partial charge in [-0.25, -0.2) is 9.78 Å². The number of alkyl halides is 3. The van der Waals surface area contributed by atoms with Crippen LogP contribution < -0.4 is 4.90 Å². The molecule has 0 radical (unpaired) electrons. The lowest BCUT2D eigenvalue weighted by Gasteiger charge is -2.33. The van der Waals surface area contributed by atoms with Gasteiger partial charge in [0.15, 0.2) is 5.82 Å². The minimum Gasteiger partial charge on any atom is -0.444 e. The Hall–Kier alpha value is -1.97. The molecule has 2 aliphatic rings. The van der Waals surface area contributed by atoms with Gasteiger partial charge in [0.2, 0.25) is 5.82 Å². The van der Waals surface area contributed by atoms with E-state index in [1.54, 1.807) is 25.7 Å². The fourth-order valence-corrected chi connectivity index (χ4v) is 3.08. The molecule has 7 nitrogen and oxygen atoms in total. The number of aromatic nitrogens is 2. The molecule has 1 amide bonds. The Balaban J connectivity index is 1.91. The van der Waals surface area contributed by atoms with Gasteiger partial charge in [0.05, 0.1) is 25.5 Å². The van der Waals surface area contributed by atoms with Crippen molar-refractivity contribution in [3.8, 4) is 0 Å². The first kappa shape index (κ1) is 18.8. The van der Waals surface area contributed by atoms with Gasteiger partial charge in [0.1, 0.15) is 5.60 Å². The number of carbonyl (C=O) groups is 1. The van der Waals surface area contributed by atoms with Crippen LogP contribution in [-0.4, -0.2) is 59.0 Å². The summed E-state index contributed by atoms with van der Waals surface area (Å²) in [5.74, 6) is -0.647. The van der Waals surface area contributed by atoms with E-state index in [4.69, 9.17) is 9.47 Å². The van der Waals surface area contributed by atoms with Gasteiger partial charge in [-0.3, -0.25) is 0 Å². The molecule has 1 aromatic heterocycles. The van der Waals surface area contributed by atoms with Crippen LogP contribution in [0.1, 0.15) is 32.3 Å². The molecule has 0 aliphatic carbocycles. The highest BCUT2D eigenvalue weighted by molar-refractivity contribution is 5.68. The van der Waals surface area contributed by atoms with E-state index in [1.165, 1.54) is 9.47 Å². The topological polar surface area (TPSA) is 59.8 Å². The molecule has 10 heteroatoms. The minimum absolute atomic E-state index is 0.0285. The quantitative estimate of drug-likeness (QED) is 0.754. The largest absolute Gasteiger partial charge is 0.449 e. The second-order valence-electron chi connectivity index (χ2n) is 7.36. The SMILES string of the molecule is CC(C)(C)OC(=O)N1CCn2c(C(F)(F)F)nc(N3CCOCC3)c2C1. The molecule has 0 spiro atoms. The van der Waals surface area contributed by atoms with Crippen molar-refractivity contribution in [1.82, 2.24) is 14.5 Å². The molecule has 0 saturated carbocycles. The van der Waals surface area contributed by atoms with Crippen LogP contribution in [0.3, 0.4) is 0 Å².